The molecular weight excluding hydrogens is 208 g/mol. The number of rotatable bonds is 5. The Morgan fingerprint density at radius 3 is 3.00 bits per heavy atom. The third-order valence-electron chi connectivity index (χ3n) is 3.89. The lowest BCUT2D eigenvalue weighted by Gasteiger charge is -2.24. The van der Waals surface area contributed by atoms with Crippen molar-refractivity contribution in [2.75, 3.05) is 0 Å². The van der Waals surface area contributed by atoms with Gasteiger partial charge in [-0.1, -0.05) is 43.3 Å². The lowest BCUT2D eigenvalue weighted by atomic mass is 9.89. The zero-order chi connectivity index (χ0) is 12.3. The van der Waals surface area contributed by atoms with Crippen molar-refractivity contribution in [1.29, 1.82) is 0 Å². The van der Waals surface area contributed by atoms with Crippen LogP contribution in [0.4, 0.5) is 0 Å². The van der Waals surface area contributed by atoms with Gasteiger partial charge in [0.2, 0.25) is 0 Å². The van der Waals surface area contributed by atoms with Crippen molar-refractivity contribution >= 4 is 0 Å². The smallest absolute Gasteiger partial charge is 0.0316 e. The predicted octanol–water partition coefficient (Wildman–Crippen LogP) is 2.90. The molecule has 2 heteroatoms. The first-order chi connectivity index (χ1) is 8.26. The van der Waals surface area contributed by atoms with E-state index in [9.17, 15) is 0 Å². The minimum absolute atomic E-state index is 0.325. The second kappa shape index (κ2) is 5.48. The number of fused-ring (bicyclic) bond motifs is 1. The monoisotopic (exact) mass is 230 g/mol. The number of nitrogens with two attached hydrogens (primary N) is 1. The molecule has 1 aromatic carbocycles. The first-order valence-corrected chi connectivity index (χ1v) is 6.46. The molecule has 0 aromatic heterocycles. The van der Waals surface area contributed by atoms with Crippen LogP contribution in [0.15, 0.2) is 36.4 Å². The topological polar surface area (TPSA) is 38.0 Å². The maximum Gasteiger partial charge on any atom is 0.0316 e. The summed E-state index contributed by atoms with van der Waals surface area (Å²) in [6.07, 6.45) is 4.39. The minimum atomic E-state index is 0.325. The molecule has 92 valence electrons. The summed E-state index contributed by atoms with van der Waals surface area (Å²) >= 11 is 0. The van der Waals surface area contributed by atoms with Gasteiger partial charge in [0.1, 0.15) is 0 Å². The first kappa shape index (κ1) is 12.3. The summed E-state index contributed by atoms with van der Waals surface area (Å²) in [6.45, 7) is 6.24. The van der Waals surface area contributed by atoms with E-state index in [-0.39, 0.29) is 0 Å². The molecule has 17 heavy (non-hydrogen) atoms. The highest BCUT2D eigenvalue weighted by Crippen LogP contribution is 2.36. The van der Waals surface area contributed by atoms with Gasteiger partial charge < -0.3 is 0 Å². The molecule has 0 amide bonds. The predicted molar refractivity (Wildman–Crippen MR) is 72.7 cm³/mol. The van der Waals surface area contributed by atoms with Crippen molar-refractivity contribution in [1.82, 2.24) is 5.43 Å². The van der Waals surface area contributed by atoms with Crippen LogP contribution < -0.4 is 11.3 Å². The van der Waals surface area contributed by atoms with E-state index < -0.39 is 0 Å². The average molecular weight is 230 g/mol. The number of hydrogen-bond donors (Lipinski definition) is 2. The van der Waals surface area contributed by atoms with Crippen LogP contribution in [0.2, 0.25) is 0 Å². The number of hydrogen-bond acceptors (Lipinski definition) is 2. The summed E-state index contributed by atoms with van der Waals surface area (Å²) in [5, 5.41) is 0. The Hall–Kier alpha value is -1.12. The summed E-state index contributed by atoms with van der Waals surface area (Å²) in [4.78, 5) is 0. The highest BCUT2D eigenvalue weighted by atomic mass is 15.2. The van der Waals surface area contributed by atoms with Crippen LogP contribution >= 0.6 is 0 Å². The van der Waals surface area contributed by atoms with E-state index >= 15 is 0 Å². The largest absolute Gasteiger partial charge is 0.271 e. The van der Waals surface area contributed by atoms with Crippen molar-refractivity contribution in [3.63, 3.8) is 0 Å². The van der Waals surface area contributed by atoms with Crippen molar-refractivity contribution in [3.05, 3.63) is 47.5 Å². The molecule has 1 aromatic rings. The van der Waals surface area contributed by atoms with Crippen LogP contribution in [-0.4, -0.2) is 6.04 Å². The second-order valence-corrected chi connectivity index (χ2v) is 4.92. The van der Waals surface area contributed by atoms with E-state index in [0.717, 1.165) is 12.8 Å². The maximum atomic E-state index is 5.72. The Morgan fingerprint density at radius 2 is 2.29 bits per heavy atom. The number of benzene rings is 1. The molecule has 0 heterocycles. The van der Waals surface area contributed by atoms with Gasteiger partial charge in [-0.05, 0) is 36.8 Å². The molecule has 0 radical (unpaired) electrons. The van der Waals surface area contributed by atoms with Gasteiger partial charge in [-0.25, -0.2) is 0 Å². The van der Waals surface area contributed by atoms with Crippen LogP contribution in [0.3, 0.4) is 0 Å². The normalized spacial score (nSPS) is 20.0. The average Bonchev–Trinajstić information content (AvgIpc) is 2.79. The van der Waals surface area contributed by atoms with E-state index in [1.807, 2.05) is 0 Å². The van der Waals surface area contributed by atoms with Crippen molar-refractivity contribution < 1.29 is 0 Å². The van der Waals surface area contributed by atoms with Gasteiger partial charge in [-0.15, -0.1) is 0 Å². The third kappa shape index (κ3) is 2.59. The van der Waals surface area contributed by atoms with E-state index in [4.69, 9.17) is 5.84 Å². The Kier molecular flexibility index (Phi) is 3.97. The van der Waals surface area contributed by atoms with Crippen LogP contribution in [0.25, 0.3) is 0 Å². The summed E-state index contributed by atoms with van der Waals surface area (Å²) in [5.41, 5.74) is 7.22. The minimum Gasteiger partial charge on any atom is -0.271 e. The molecule has 0 saturated carbocycles. The van der Waals surface area contributed by atoms with E-state index in [1.54, 1.807) is 0 Å². The summed E-state index contributed by atoms with van der Waals surface area (Å²) in [5.74, 6) is 6.26. The molecule has 1 aliphatic carbocycles. The lowest BCUT2D eigenvalue weighted by molar-refractivity contribution is 0.431. The Bertz CT molecular complexity index is 398. The third-order valence-corrected chi connectivity index (χ3v) is 3.89. The molecule has 2 unspecified atom stereocenters. The van der Waals surface area contributed by atoms with E-state index in [0.29, 0.717) is 12.0 Å². The van der Waals surface area contributed by atoms with Gasteiger partial charge in [-0.3, -0.25) is 11.3 Å². The molecule has 0 fully saturated rings. The summed E-state index contributed by atoms with van der Waals surface area (Å²) < 4.78 is 0. The number of hydrazine groups is 1. The molecule has 0 saturated heterocycles. The van der Waals surface area contributed by atoms with E-state index in [1.165, 1.54) is 29.5 Å². The SMILES string of the molecule is C=C(CC)CC(NN)C1CCc2ccccc21. The quantitative estimate of drug-likeness (QED) is 0.464. The Balaban J connectivity index is 2.14. The molecular formula is C15H22N2. The summed E-state index contributed by atoms with van der Waals surface area (Å²) in [7, 11) is 0. The molecule has 2 nitrogen and oxygen atoms in total. The highest BCUT2D eigenvalue weighted by molar-refractivity contribution is 5.36. The van der Waals surface area contributed by atoms with Crippen LogP contribution in [0.1, 0.15) is 43.2 Å². The molecule has 1 aliphatic rings. The first-order valence-electron chi connectivity index (χ1n) is 6.46. The van der Waals surface area contributed by atoms with Gasteiger partial charge in [0.25, 0.3) is 0 Å². The van der Waals surface area contributed by atoms with Crippen LogP contribution in [-0.2, 0) is 6.42 Å². The van der Waals surface area contributed by atoms with Gasteiger partial charge >= 0.3 is 0 Å². The maximum absolute atomic E-state index is 5.72. The number of aryl methyl sites for hydroxylation is 1. The van der Waals surface area contributed by atoms with Gasteiger partial charge in [0.05, 0.1) is 0 Å². The van der Waals surface area contributed by atoms with Crippen molar-refractivity contribution in [2.24, 2.45) is 5.84 Å². The zero-order valence-corrected chi connectivity index (χ0v) is 10.6. The van der Waals surface area contributed by atoms with Crippen molar-refractivity contribution in [2.45, 2.75) is 44.6 Å². The molecule has 3 N–H and O–H groups in total. The molecule has 2 atom stereocenters. The van der Waals surface area contributed by atoms with Gasteiger partial charge in [0, 0.05) is 12.0 Å². The lowest BCUT2D eigenvalue weighted by Crippen LogP contribution is -2.39. The molecule has 0 aliphatic heterocycles. The fraction of sp³-hybridized carbons (Fsp3) is 0.467. The molecule has 2 rings (SSSR count). The Morgan fingerprint density at radius 1 is 1.53 bits per heavy atom. The van der Waals surface area contributed by atoms with Gasteiger partial charge in [-0.2, -0.15) is 0 Å². The van der Waals surface area contributed by atoms with Gasteiger partial charge in [0.15, 0.2) is 0 Å². The second-order valence-electron chi connectivity index (χ2n) is 4.92. The fourth-order valence-electron chi connectivity index (χ4n) is 2.78. The van der Waals surface area contributed by atoms with Crippen molar-refractivity contribution in [3.8, 4) is 0 Å². The zero-order valence-electron chi connectivity index (χ0n) is 10.6. The molecule has 0 bridgehead atoms. The number of nitrogens with one attached hydrogen (secondary N) is 1. The van der Waals surface area contributed by atoms with Crippen LogP contribution in [0.5, 0.6) is 0 Å². The highest BCUT2D eigenvalue weighted by Gasteiger charge is 2.28. The summed E-state index contributed by atoms with van der Waals surface area (Å²) in [6, 6.07) is 9.05. The fourth-order valence-corrected chi connectivity index (χ4v) is 2.78. The van der Waals surface area contributed by atoms with Crippen LogP contribution in [0, 0.1) is 0 Å². The van der Waals surface area contributed by atoms with E-state index in [2.05, 4.69) is 43.2 Å². The Labute approximate surface area is 104 Å². The standard InChI is InChI=1S/C15H22N2/c1-3-11(2)10-15(17-16)14-9-8-12-6-4-5-7-13(12)14/h4-7,14-15,17H,2-3,8-10,16H2,1H3. The molecule has 0 spiro atoms.